The lowest BCUT2D eigenvalue weighted by Gasteiger charge is -2.27. The van der Waals surface area contributed by atoms with Crippen LogP contribution >= 0.6 is 11.3 Å². The zero-order valence-corrected chi connectivity index (χ0v) is 16.5. The van der Waals surface area contributed by atoms with Crippen LogP contribution in [-0.2, 0) is 19.5 Å². The first kappa shape index (κ1) is 18.1. The standard InChI is InChI=1S/C19H27N3O2S/c1-12-15(13(2)24-21-12)8-22-7-6-14-16(10-25-17(14)9-22)18(23)20-11-19(3,4)5/h10H,6-9,11H2,1-5H3,(H,20,23). The molecule has 0 bridgehead atoms. The minimum Gasteiger partial charge on any atom is -0.361 e. The van der Waals surface area contributed by atoms with E-state index in [4.69, 9.17) is 4.52 Å². The van der Waals surface area contributed by atoms with Crippen molar-refractivity contribution in [1.82, 2.24) is 15.4 Å². The maximum atomic E-state index is 12.5. The van der Waals surface area contributed by atoms with Crippen LogP contribution in [-0.4, -0.2) is 29.1 Å². The van der Waals surface area contributed by atoms with Gasteiger partial charge in [-0.05, 0) is 31.2 Å². The molecule has 25 heavy (non-hydrogen) atoms. The molecule has 1 aliphatic rings. The predicted molar refractivity (Wildman–Crippen MR) is 99.9 cm³/mol. The molecule has 3 heterocycles. The number of amides is 1. The Morgan fingerprint density at radius 1 is 1.40 bits per heavy atom. The molecular formula is C19H27N3O2S. The molecule has 3 rings (SSSR count). The van der Waals surface area contributed by atoms with Gasteiger partial charge in [0.2, 0.25) is 0 Å². The molecule has 6 heteroatoms. The summed E-state index contributed by atoms with van der Waals surface area (Å²) in [6.45, 7) is 13.7. The number of fused-ring (bicyclic) bond motifs is 1. The second-order valence-corrected chi connectivity index (χ2v) is 9.02. The first-order valence-electron chi connectivity index (χ1n) is 8.76. The van der Waals surface area contributed by atoms with Gasteiger partial charge in [0.1, 0.15) is 5.76 Å². The third kappa shape index (κ3) is 4.12. The number of rotatable bonds is 4. The van der Waals surface area contributed by atoms with Crippen LogP contribution in [0.15, 0.2) is 9.90 Å². The molecular weight excluding hydrogens is 334 g/mol. The molecule has 2 aromatic heterocycles. The van der Waals surface area contributed by atoms with Gasteiger partial charge in [-0.3, -0.25) is 9.69 Å². The minimum absolute atomic E-state index is 0.0617. The fraction of sp³-hybridized carbons (Fsp3) is 0.579. The third-order valence-corrected chi connectivity index (χ3v) is 5.63. The molecule has 2 aromatic rings. The third-order valence-electron chi connectivity index (χ3n) is 4.61. The van der Waals surface area contributed by atoms with Gasteiger partial charge >= 0.3 is 0 Å². The molecule has 0 spiro atoms. The number of hydrogen-bond donors (Lipinski definition) is 1. The van der Waals surface area contributed by atoms with Gasteiger partial charge in [0.15, 0.2) is 0 Å². The Balaban J connectivity index is 1.67. The summed E-state index contributed by atoms with van der Waals surface area (Å²) in [5.41, 5.74) is 4.34. The molecule has 1 amide bonds. The van der Waals surface area contributed by atoms with E-state index in [9.17, 15) is 4.79 Å². The molecule has 0 aliphatic carbocycles. The van der Waals surface area contributed by atoms with Crippen LogP contribution in [0, 0.1) is 19.3 Å². The summed E-state index contributed by atoms with van der Waals surface area (Å²) in [5.74, 6) is 0.961. The zero-order valence-electron chi connectivity index (χ0n) is 15.7. The van der Waals surface area contributed by atoms with Crippen molar-refractivity contribution in [1.29, 1.82) is 0 Å². The predicted octanol–water partition coefficient (Wildman–Crippen LogP) is 3.69. The largest absolute Gasteiger partial charge is 0.361 e. The van der Waals surface area contributed by atoms with Crippen LogP contribution in [0.25, 0.3) is 0 Å². The monoisotopic (exact) mass is 361 g/mol. The van der Waals surface area contributed by atoms with Crippen molar-refractivity contribution in [3.05, 3.63) is 38.4 Å². The van der Waals surface area contributed by atoms with Crippen LogP contribution in [0.2, 0.25) is 0 Å². The van der Waals surface area contributed by atoms with E-state index >= 15 is 0 Å². The Labute approximate surface area is 153 Å². The van der Waals surface area contributed by atoms with E-state index in [0.29, 0.717) is 6.54 Å². The summed E-state index contributed by atoms with van der Waals surface area (Å²) in [6.07, 6.45) is 0.917. The van der Waals surface area contributed by atoms with Crippen LogP contribution in [0.3, 0.4) is 0 Å². The lowest BCUT2D eigenvalue weighted by atomic mass is 9.96. The second kappa shape index (κ2) is 6.92. The lowest BCUT2D eigenvalue weighted by Crippen LogP contribution is -2.34. The molecule has 1 aliphatic heterocycles. The topological polar surface area (TPSA) is 58.4 Å². The Hall–Kier alpha value is -1.66. The molecule has 5 nitrogen and oxygen atoms in total. The summed E-state index contributed by atoms with van der Waals surface area (Å²) in [5, 5.41) is 9.13. The molecule has 1 N–H and O–H groups in total. The van der Waals surface area contributed by atoms with E-state index < -0.39 is 0 Å². The quantitative estimate of drug-likeness (QED) is 0.902. The highest BCUT2D eigenvalue weighted by molar-refractivity contribution is 7.10. The van der Waals surface area contributed by atoms with Gasteiger partial charge in [-0.25, -0.2) is 0 Å². The average Bonchev–Trinajstić information content (AvgIpc) is 3.10. The summed E-state index contributed by atoms with van der Waals surface area (Å²) in [7, 11) is 0. The number of nitrogens with one attached hydrogen (secondary N) is 1. The van der Waals surface area contributed by atoms with Crippen molar-refractivity contribution in [2.24, 2.45) is 5.41 Å². The van der Waals surface area contributed by atoms with E-state index in [1.165, 1.54) is 16.0 Å². The van der Waals surface area contributed by atoms with E-state index in [1.807, 2.05) is 19.2 Å². The van der Waals surface area contributed by atoms with Crippen LogP contribution in [0.4, 0.5) is 0 Å². The lowest BCUT2D eigenvalue weighted by molar-refractivity contribution is 0.0938. The molecule has 0 radical (unpaired) electrons. The number of aryl methyl sites for hydroxylation is 2. The van der Waals surface area contributed by atoms with Gasteiger partial charge in [0.05, 0.1) is 11.3 Å². The van der Waals surface area contributed by atoms with Gasteiger partial charge in [-0.1, -0.05) is 25.9 Å². The summed E-state index contributed by atoms with van der Waals surface area (Å²) in [4.78, 5) is 16.2. The fourth-order valence-electron chi connectivity index (χ4n) is 3.10. The maximum absolute atomic E-state index is 12.5. The van der Waals surface area contributed by atoms with Crippen LogP contribution < -0.4 is 5.32 Å². The van der Waals surface area contributed by atoms with E-state index in [0.717, 1.165) is 43.1 Å². The van der Waals surface area contributed by atoms with E-state index in [2.05, 4.69) is 36.1 Å². The molecule has 0 atom stereocenters. The number of hydrogen-bond acceptors (Lipinski definition) is 5. The molecule has 0 fully saturated rings. The van der Waals surface area contributed by atoms with Crippen molar-refractivity contribution in [3.63, 3.8) is 0 Å². The Bertz CT molecular complexity index is 751. The number of aromatic nitrogens is 1. The molecule has 136 valence electrons. The molecule has 0 saturated heterocycles. The van der Waals surface area contributed by atoms with Crippen LogP contribution in [0.5, 0.6) is 0 Å². The van der Waals surface area contributed by atoms with Gasteiger partial charge in [-0.15, -0.1) is 11.3 Å². The fourth-order valence-corrected chi connectivity index (χ4v) is 4.22. The maximum Gasteiger partial charge on any atom is 0.252 e. The minimum atomic E-state index is 0.0617. The van der Waals surface area contributed by atoms with Crippen molar-refractivity contribution in [2.45, 2.75) is 54.1 Å². The Kier molecular flexibility index (Phi) is 5.02. The smallest absolute Gasteiger partial charge is 0.252 e. The molecule has 0 aromatic carbocycles. The number of carbonyl (C=O) groups excluding carboxylic acids is 1. The van der Waals surface area contributed by atoms with Gasteiger partial charge in [-0.2, -0.15) is 0 Å². The second-order valence-electron chi connectivity index (χ2n) is 8.06. The molecule has 0 unspecified atom stereocenters. The first-order valence-corrected chi connectivity index (χ1v) is 9.64. The van der Waals surface area contributed by atoms with Crippen molar-refractivity contribution in [2.75, 3.05) is 13.1 Å². The van der Waals surface area contributed by atoms with Crippen molar-refractivity contribution in [3.8, 4) is 0 Å². The highest BCUT2D eigenvalue weighted by Gasteiger charge is 2.25. The van der Waals surface area contributed by atoms with Gasteiger partial charge in [0, 0.05) is 42.0 Å². The van der Waals surface area contributed by atoms with E-state index in [-0.39, 0.29) is 11.3 Å². The Morgan fingerprint density at radius 2 is 2.16 bits per heavy atom. The average molecular weight is 362 g/mol. The number of carbonyl (C=O) groups is 1. The van der Waals surface area contributed by atoms with Crippen molar-refractivity contribution < 1.29 is 9.32 Å². The van der Waals surface area contributed by atoms with Gasteiger partial charge < -0.3 is 9.84 Å². The highest BCUT2D eigenvalue weighted by Crippen LogP contribution is 2.30. The van der Waals surface area contributed by atoms with E-state index in [1.54, 1.807) is 11.3 Å². The number of thiophene rings is 1. The highest BCUT2D eigenvalue weighted by atomic mass is 32.1. The molecule has 0 saturated carbocycles. The SMILES string of the molecule is Cc1noc(C)c1CN1CCc2c(C(=O)NCC(C)(C)C)csc2C1. The van der Waals surface area contributed by atoms with Gasteiger partial charge in [0.25, 0.3) is 5.91 Å². The number of nitrogens with zero attached hydrogens (tertiary/aromatic N) is 2. The zero-order chi connectivity index (χ0) is 18.2. The Morgan fingerprint density at radius 3 is 2.80 bits per heavy atom. The summed E-state index contributed by atoms with van der Waals surface area (Å²) in [6, 6.07) is 0. The van der Waals surface area contributed by atoms with Crippen molar-refractivity contribution >= 4 is 17.2 Å². The van der Waals surface area contributed by atoms with Crippen LogP contribution in [0.1, 0.15) is 58.6 Å². The normalized spacial score (nSPS) is 15.2. The first-order chi connectivity index (χ1) is 11.7. The summed E-state index contributed by atoms with van der Waals surface area (Å²) < 4.78 is 5.27. The summed E-state index contributed by atoms with van der Waals surface area (Å²) >= 11 is 1.70.